The monoisotopic (exact) mass is 540 g/mol. The van der Waals surface area contributed by atoms with Crippen LogP contribution in [0.25, 0.3) is 21.6 Å². The van der Waals surface area contributed by atoms with Crippen molar-refractivity contribution in [3.8, 4) is 0 Å². The molecule has 6 N–H and O–H groups in total. The van der Waals surface area contributed by atoms with Crippen LogP contribution in [-0.4, -0.2) is 74.6 Å². The molecule has 204 valence electrons. The molecule has 0 aromatic carbocycles. The largest absolute Gasteiger partial charge is 0.387 e. The fourth-order valence-corrected chi connectivity index (χ4v) is 7.11. The molecule has 1 saturated heterocycles. The van der Waals surface area contributed by atoms with Gasteiger partial charge in [0.25, 0.3) is 0 Å². The molecular weight excluding hydrogens is 507 g/mol. The normalized spacial score (nSPS) is 29.1. The number of hydrogen-bond donors (Lipinski definition) is 5. The first-order valence-corrected chi connectivity index (χ1v) is 13.8. The number of aliphatic hydroxyl groups is 3. The van der Waals surface area contributed by atoms with Gasteiger partial charge in [-0.05, 0) is 36.3 Å². The number of rotatable bonds is 11. The molecule has 1 aliphatic carbocycles. The Kier molecular flexibility index (Phi) is 7.06. The number of nitrogens with zero attached hydrogens (tertiary/aromatic N) is 7. The Labute approximate surface area is 212 Å². The van der Waals surface area contributed by atoms with Crippen LogP contribution in [0.15, 0.2) is 11.4 Å². The molecule has 37 heavy (non-hydrogen) atoms. The summed E-state index contributed by atoms with van der Waals surface area (Å²) in [6, 6.07) is -0.883. The van der Waals surface area contributed by atoms with E-state index in [2.05, 4.69) is 25.0 Å². The minimum atomic E-state index is -4.49. The standard InChI is InChI=1S/C21H33N8O7P/c1-5-19(6-2,36-37(33,34)20(31,7-3)8-4)9-11-14(30)21(32)13(15(21)35-11)29-17-12(16(22)24-10-25-17)26-18(29)27-28-23/h10-11,13-15,30-32H,5-9H2,1-4H3,(H,33,34)(H2,22,24,25)/t11-,13?,14-,15+,21-/m1/s1. The highest BCUT2D eigenvalue weighted by atomic mass is 31.2. The minimum absolute atomic E-state index is 0.0102. The zero-order chi connectivity index (χ0) is 27.4. The average molecular weight is 541 g/mol. The van der Waals surface area contributed by atoms with Crippen LogP contribution >= 0.6 is 7.60 Å². The highest BCUT2D eigenvalue weighted by Crippen LogP contribution is 2.64. The predicted molar refractivity (Wildman–Crippen MR) is 132 cm³/mol. The molecule has 2 aromatic rings. The Hall–Kier alpha value is -2.35. The van der Waals surface area contributed by atoms with Gasteiger partial charge in [-0.2, -0.15) is 0 Å². The van der Waals surface area contributed by atoms with Crippen molar-refractivity contribution in [2.75, 3.05) is 5.73 Å². The van der Waals surface area contributed by atoms with Crippen molar-refractivity contribution < 1.29 is 34.0 Å². The van der Waals surface area contributed by atoms with E-state index in [0.29, 0.717) is 12.8 Å². The van der Waals surface area contributed by atoms with Crippen LogP contribution in [0.1, 0.15) is 65.8 Å². The van der Waals surface area contributed by atoms with Gasteiger partial charge in [0.2, 0.25) is 0 Å². The molecule has 2 aliphatic rings. The second-order valence-electron chi connectivity index (χ2n) is 9.67. The van der Waals surface area contributed by atoms with E-state index >= 15 is 0 Å². The molecule has 2 aromatic heterocycles. The van der Waals surface area contributed by atoms with Gasteiger partial charge in [0.1, 0.15) is 30.2 Å². The molecule has 4 rings (SSSR count). The molecule has 1 aliphatic heterocycles. The highest BCUT2D eigenvalue weighted by Gasteiger charge is 2.78. The van der Waals surface area contributed by atoms with Crippen molar-refractivity contribution in [1.29, 1.82) is 0 Å². The Morgan fingerprint density at radius 1 is 1.30 bits per heavy atom. The summed E-state index contributed by atoms with van der Waals surface area (Å²) in [6.45, 7) is 6.75. The van der Waals surface area contributed by atoms with Gasteiger partial charge in [-0.3, -0.25) is 13.7 Å². The lowest BCUT2D eigenvalue weighted by molar-refractivity contribution is -0.0839. The maximum Gasteiger partial charge on any atom is 0.359 e. The van der Waals surface area contributed by atoms with Crippen molar-refractivity contribution in [3.05, 3.63) is 16.8 Å². The van der Waals surface area contributed by atoms with Crippen molar-refractivity contribution in [2.24, 2.45) is 5.11 Å². The van der Waals surface area contributed by atoms with Crippen LogP contribution in [0, 0.1) is 0 Å². The fourth-order valence-electron chi connectivity index (χ4n) is 5.28. The second-order valence-corrected chi connectivity index (χ2v) is 11.7. The molecule has 16 heteroatoms. The van der Waals surface area contributed by atoms with Crippen LogP contribution in [0.3, 0.4) is 0 Å². The summed E-state index contributed by atoms with van der Waals surface area (Å²) in [5.41, 5.74) is 12.3. The van der Waals surface area contributed by atoms with E-state index in [1.807, 2.05) is 0 Å². The third-order valence-corrected chi connectivity index (χ3v) is 10.3. The number of imidazole rings is 1. The van der Waals surface area contributed by atoms with Crippen molar-refractivity contribution >= 4 is 30.5 Å². The quantitative estimate of drug-likeness (QED) is 0.120. The maximum atomic E-state index is 13.1. The first-order chi connectivity index (χ1) is 17.4. The minimum Gasteiger partial charge on any atom is -0.387 e. The van der Waals surface area contributed by atoms with E-state index in [4.69, 9.17) is 20.5 Å². The summed E-state index contributed by atoms with van der Waals surface area (Å²) in [5.74, 6) is -0.0695. The molecule has 2 fully saturated rings. The topological polar surface area (TPSA) is 235 Å². The van der Waals surface area contributed by atoms with Crippen LogP contribution in [0.4, 0.5) is 11.8 Å². The highest BCUT2D eigenvalue weighted by molar-refractivity contribution is 7.54. The van der Waals surface area contributed by atoms with Gasteiger partial charge in [-0.25, -0.2) is 15.0 Å². The molecule has 15 nitrogen and oxygen atoms in total. The van der Waals surface area contributed by atoms with Gasteiger partial charge in [-0.15, -0.1) is 0 Å². The van der Waals surface area contributed by atoms with Gasteiger partial charge >= 0.3 is 7.60 Å². The molecule has 2 unspecified atom stereocenters. The number of hydrogen-bond acceptors (Lipinski definition) is 11. The lowest BCUT2D eigenvalue weighted by Gasteiger charge is -2.40. The first kappa shape index (κ1) is 27.7. The Morgan fingerprint density at radius 3 is 2.46 bits per heavy atom. The summed E-state index contributed by atoms with van der Waals surface area (Å²) in [5, 5.41) is 35.0. The van der Waals surface area contributed by atoms with Gasteiger partial charge in [0.15, 0.2) is 28.3 Å². The number of azide groups is 1. The Balaban J connectivity index is 1.61. The molecule has 1 saturated carbocycles. The smallest absolute Gasteiger partial charge is 0.359 e. The number of aromatic nitrogens is 4. The zero-order valence-electron chi connectivity index (χ0n) is 21.1. The summed E-state index contributed by atoms with van der Waals surface area (Å²) in [6.07, 6.45) is -1.46. The molecule has 0 amide bonds. The van der Waals surface area contributed by atoms with Crippen molar-refractivity contribution in [3.63, 3.8) is 0 Å². The molecular formula is C21H33N8O7P. The Morgan fingerprint density at radius 2 is 1.95 bits per heavy atom. The number of nitrogen functional groups attached to an aromatic ring is 1. The fraction of sp³-hybridized carbons (Fsp3) is 0.762. The first-order valence-electron chi connectivity index (χ1n) is 12.2. The number of ether oxygens (including phenoxy) is 1. The molecule has 6 atom stereocenters. The Bertz CT molecular complexity index is 1280. The van der Waals surface area contributed by atoms with Gasteiger partial charge in [0, 0.05) is 11.3 Å². The van der Waals surface area contributed by atoms with Gasteiger partial charge in [0.05, 0.1) is 11.7 Å². The van der Waals surface area contributed by atoms with E-state index in [-0.39, 0.29) is 42.2 Å². The van der Waals surface area contributed by atoms with E-state index in [1.165, 1.54) is 10.9 Å². The summed E-state index contributed by atoms with van der Waals surface area (Å²) >= 11 is 0. The summed E-state index contributed by atoms with van der Waals surface area (Å²) in [7, 11) is -4.49. The maximum absolute atomic E-state index is 13.1. The number of fused-ring (bicyclic) bond motifs is 2. The van der Waals surface area contributed by atoms with Crippen LogP contribution in [-0.2, 0) is 13.8 Å². The van der Waals surface area contributed by atoms with Gasteiger partial charge < -0.3 is 30.7 Å². The molecule has 3 heterocycles. The summed E-state index contributed by atoms with van der Waals surface area (Å²) in [4.78, 5) is 25.7. The second kappa shape index (κ2) is 9.44. The number of nitrogens with two attached hydrogens (primary N) is 1. The van der Waals surface area contributed by atoms with Crippen LogP contribution < -0.4 is 5.73 Å². The van der Waals surface area contributed by atoms with E-state index < -0.39 is 48.5 Å². The molecule has 0 radical (unpaired) electrons. The van der Waals surface area contributed by atoms with E-state index in [0.717, 1.165) is 0 Å². The van der Waals surface area contributed by atoms with Crippen molar-refractivity contribution in [1.82, 2.24) is 19.5 Å². The molecule has 0 spiro atoms. The SMILES string of the molecule is CCC(CC)(C[C@H]1O[C@H]2C(n3c(N=[N+]=[N-])nc4c(N)ncnc43)[C@@]2(O)[C@@H]1O)OP(=O)(O)C(O)(CC)CC. The van der Waals surface area contributed by atoms with Gasteiger partial charge in [-0.1, -0.05) is 27.7 Å². The third kappa shape index (κ3) is 4.10. The summed E-state index contributed by atoms with van der Waals surface area (Å²) < 4.78 is 26.3. The lowest BCUT2D eigenvalue weighted by atomic mass is 9.88. The average Bonchev–Trinajstić information content (AvgIpc) is 3.14. The van der Waals surface area contributed by atoms with Crippen LogP contribution in [0.2, 0.25) is 0 Å². The lowest BCUT2D eigenvalue weighted by Crippen LogP contribution is -2.44. The number of anilines is 1. The molecule has 0 bridgehead atoms. The third-order valence-electron chi connectivity index (χ3n) is 7.99. The van der Waals surface area contributed by atoms with E-state index in [1.54, 1.807) is 27.7 Å². The zero-order valence-corrected chi connectivity index (χ0v) is 22.0. The van der Waals surface area contributed by atoms with E-state index in [9.17, 15) is 24.8 Å². The number of aliphatic hydroxyl groups excluding tert-OH is 1. The van der Waals surface area contributed by atoms with Crippen LogP contribution in [0.5, 0.6) is 0 Å². The van der Waals surface area contributed by atoms with Crippen molar-refractivity contribution in [2.45, 2.75) is 101 Å². The predicted octanol–water partition coefficient (Wildman–Crippen LogP) is 2.42.